The summed E-state index contributed by atoms with van der Waals surface area (Å²) in [5, 5.41) is 2.95. The summed E-state index contributed by atoms with van der Waals surface area (Å²) in [6.07, 6.45) is 5.19. The second-order valence-electron chi connectivity index (χ2n) is 6.82. The number of rotatable bonds is 4. The molecule has 1 aliphatic carbocycles. The largest absolute Gasteiger partial charge is 0.379 e. The number of anilines is 1. The lowest BCUT2D eigenvalue weighted by atomic mass is 9.88. The van der Waals surface area contributed by atoms with Crippen molar-refractivity contribution in [2.75, 3.05) is 31.6 Å². The quantitative estimate of drug-likeness (QED) is 0.888. The van der Waals surface area contributed by atoms with E-state index in [1.54, 1.807) is 18.2 Å². The van der Waals surface area contributed by atoms with Crippen LogP contribution in [0.3, 0.4) is 0 Å². The van der Waals surface area contributed by atoms with Crippen molar-refractivity contribution in [3.8, 4) is 0 Å². The van der Waals surface area contributed by atoms with Crippen molar-refractivity contribution >= 4 is 21.6 Å². The van der Waals surface area contributed by atoms with Crippen molar-refractivity contribution in [2.24, 2.45) is 5.92 Å². The first-order valence-electron chi connectivity index (χ1n) is 8.98. The van der Waals surface area contributed by atoms with Gasteiger partial charge < -0.3 is 10.1 Å². The van der Waals surface area contributed by atoms with Gasteiger partial charge in [-0.1, -0.05) is 25.3 Å². The van der Waals surface area contributed by atoms with Gasteiger partial charge in [-0.3, -0.25) is 4.79 Å². The zero-order chi connectivity index (χ0) is 17.9. The molecule has 2 fully saturated rings. The maximum absolute atomic E-state index is 12.8. The molecule has 2 aliphatic rings. The number of aryl methyl sites for hydroxylation is 1. The van der Waals surface area contributed by atoms with Crippen molar-refractivity contribution in [3.05, 3.63) is 23.8 Å². The predicted octanol–water partition coefficient (Wildman–Crippen LogP) is 2.53. The van der Waals surface area contributed by atoms with E-state index in [1.807, 2.05) is 6.92 Å². The first-order valence-corrected chi connectivity index (χ1v) is 10.4. The molecule has 0 unspecified atom stereocenters. The summed E-state index contributed by atoms with van der Waals surface area (Å²) in [7, 11) is -3.56. The van der Waals surface area contributed by atoms with E-state index < -0.39 is 10.0 Å². The third kappa shape index (κ3) is 4.22. The van der Waals surface area contributed by atoms with Gasteiger partial charge in [0.1, 0.15) is 0 Å². The summed E-state index contributed by atoms with van der Waals surface area (Å²) < 4.78 is 32.3. The minimum absolute atomic E-state index is 0.00344. The summed E-state index contributed by atoms with van der Waals surface area (Å²) >= 11 is 0. The molecule has 1 heterocycles. The maximum Gasteiger partial charge on any atom is 0.243 e. The van der Waals surface area contributed by atoms with Crippen LogP contribution in [0.5, 0.6) is 0 Å². The van der Waals surface area contributed by atoms with Crippen LogP contribution >= 0.6 is 0 Å². The number of nitrogens with one attached hydrogen (secondary N) is 1. The lowest BCUT2D eigenvalue weighted by Gasteiger charge is -2.26. The van der Waals surface area contributed by atoms with Crippen LogP contribution in [-0.4, -0.2) is 44.9 Å². The number of sulfonamides is 1. The summed E-state index contributed by atoms with van der Waals surface area (Å²) in [5.41, 5.74) is 1.45. The van der Waals surface area contributed by atoms with Gasteiger partial charge in [0, 0.05) is 24.7 Å². The Morgan fingerprint density at radius 1 is 1.16 bits per heavy atom. The van der Waals surface area contributed by atoms with Crippen LogP contribution in [0.25, 0.3) is 0 Å². The van der Waals surface area contributed by atoms with E-state index in [4.69, 9.17) is 4.74 Å². The highest BCUT2D eigenvalue weighted by Crippen LogP contribution is 2.27. The molecular formula is C18H26N2O4S. The zero-order valence-electron chi connectivity index (χ0n) is 14.7. The van der Waals surface area contributed by atoms with Crippen molar-refractivity contribution in [1.29, 1.82) is 0 Å². The highest BCUT2D eigenvalue weighted by molar-refractivity contribution is 7.89. The van der Waals surface area contributed by atoms with Crippen LogP contribution < -0.4 is 5.32 Å². The van der Waals surface area contributed by atoms with Crippen molar-refractivity contribution in [1.82, 2.24) is 4.31 Å². The van der Waals surface area contributed by atoms with E-state index >= 15 is 0 Å². The smallest absolute Gasteiger partial charge is 0.243 e. The molecule has 1 aliphatic heterocycles. The summed E-state index contributed by atoms with van der Waals surface area (Å²) in [6, 6.07) is 4.95. The third-order valence-electron chi connectivity index (χ3n) is 5.05. The first-order chi connectivity index (χ1) is 12.0. The number of hydrogen-bond donors (Lipinski definition) is 1. The molecule has 0 bridgehead atoms. The molecule has 0 aromatic heterocycles. The van der Waals surface area contributed by atoms with E-state index in [0.29, 0.717) is 32.0 Å². The Balaban J connectivity index is 1.79. The first kappa shape index (κ1) is 18.4. The van der Waals surface area contributed by atoms with Crippen LogP contribution in [0.15, 0.2) is 23.1 Å². The average Bonchev–Trinajstić information content (AvgIpc) is 2.64. The molecule has 1 saturated heterocycles. The summed E-state index contributed by atoms with van der Waals surface area (Å²) in [6.45, 7) is 3.42. The second-order valence-corrected chi connectivity index (χ2v) is 8.76. The molecular weight excluding hydrogens is 340 g/mol. The monoisotopic (exact) mass is 366 g/mol. The molecule has 1 amide bonds. The molecule has 1 aromatic carbocycles. The standard InChI is InChI=1S/C18H26N2O4S/c1-14-7-8-16(25(22,23)20-9-11-24-12-10-20)13-17(14)19-18(21)15-5-3-2-4-6-15/h7-8,13,15H,2-6,9-12H2,1H3,(H,19,21). The minimum Gasteiger partial charge on any atom is -0.379 e. The molecule has 3 rings (SSSR count). The Hall–Kier alpha value is -1.44. The van der Waals surface area contributed by atoms with Crippen LogP contribution in [0.2, 0.25) is 0 Å². The molecule has 1 aromatic rings. The van der Waals surface area contributed by atoms with Crippen LogP contribution in [0.4, 0.5) is 5.69 Å². The highest BCUT2D eigenvalue weighted by atomic mass is 32.2. The highest BCUT2D eigenvalue weighted by Gasteiger charge is 2.27. The van der Waals surface area contributed by atoms with Gasteiger partial charge in [0.15, 0.2) is 0 Å². The molecule has 6 nitrogen and oxygen atoms in total. The van der Waals surface area contributed by atoms with Crippen molar-refractivity contribution < 1.29 is 17.9 Å². The zero-order valence-corrected chi connectivity index (χ0v) is 15.5. The lowest BCUT2D eigenvalue weighted by molar-refractivity contribution is -0.120. The summed E-state index contributed by atoms with van der Waals surface area (Å²) in [5.74, 6) is 0.0383. The topological polar surface area (TPSA) is 75.7 Å². The lowest BCUT2D eigenvalue weighted by Crippen LogP contribution is -2.40. The Kier molecular flexibility index (Phi) is 5.76. The van der Waals surface area contributed by atoms with Crippen molar-refractivity contribution in [3.63, 3.8) is 0 Å². The van der Waals surface area contributed by atoms with Gasteiger partial charge in [0.25, 0.3) is 0 Å². The molecule has 0 atom stereocenters. The number of ether oxygens (including phenoxy) is 1. The Bertz CT molecular complexity index is 721. The van der Waals surface area contributed by atoms with Gasteiger partial charge in [-0.15, -0.1) is 0 Å². The molecule has 0 radical (unpaired) electrons. The van der Waals surface area contributed by atoms with Crippen LogP contribution in [-0.2, 0) is 19.6 Å². The number of hydrogen-bond acceptors (Lipinski definition) is 4. The van der Waals surface area contributed by atoms with Gasteiger partial charge in [0.2, 0.25) is 15.9 Å². The Morgan fingerprint density at radius 3 is 2.52 bits per heavy atom. The van der Waals surface area contributed by atoms with Gasteiger partial charge in [0.05, 0.1) is 18.1 Å². The Labute approximate surface area is 149 Å². The fraction of sp³-hybridized carbons (Fsp3) is 0.611. The maximum atomic E-state index is 12.8. The second kappa shape index (κ2) is 7.85. The molecule has 0 spiro atoms. The third-order valence-corrected chi connectivity index (χ3v) is 6.95. The van der Waals surface area contributed by atoms with E-state index in [2.05, 4.69) is 5.32 Å². The van der Waals surface area contributed by atoms with Gasteiger partial charge in [-0.05, 0) is 37.5 Å². The number of nitrogens with zero attached hydrogens (tertiary/aromatic N) is 1. The number of benzene rings is 1. The number of carbonyl (C=O) groups excluding carboxylic acids is 1. The molecule has 138 valence electrons. The number of morpholine rings is 1. The van der Waals surface area contributed by atoms with Gasteiger partial charge in [-0.2, -0.15) is 4.31 Å². The summed E-state index contributed by atoms with van der Waals surface area (Å²) in [4.78, 5) is 12.7. The van der Waals surface area contributed by atoms with Gasteiger partial charge >= 0.3 is 0 Å². The average molecular weight is 366 g/mol. The molecule has 1 saturated carbocycles. The van der Waals surface area contributed by atoms with Crippen LogP contribution in [0.1, 0.15) is 37.7 Å². The van der Waals surface area contributed by atoms with E-state index in [9.17, 15) is 13.2 Å². The molecule has 7 heteroatoms. The normalized spacial score (nSPS) is 20.4. The number of carbonyl (C=O) groups is 1. The predicted molar refractivity (Wildman–Crippen MR) is 96.0 cm³/mol. The minimum atomic E-state index is -3.56. The van der Waals surface area contributed by atoms with Crippen molar-refractivity contribution in [2.45, 2.75) is 43.9 Å². The molecule has 1 N–H and O–H groups in total. The molecule has 25 heavy (non-hydrogen) atoms. The van der Waals surface area contributed by atoms with E-state index in [-0.39, 0.29) is 16.7 Å². The fourth-order valence-corrected chi connectivity index (χ4v) is 4.87. The van der Waals surface area contributed by atoms with E-state index in [0.717, 1.165) is 31.2 Å². The van der Waals surface area contributed by atoms with Crippen LogP contribution in [0, 0.1) is 12.8 Å². The van der Waals surface area contributed by atoms with E-state index in [1.165, 1.54) is 10.7 Å². The fourth-order valence-electron chi connectivity index (χ4n) is 3.43. The van der Waals surface area contributed by atoms with Gasteiger partial charge in [-0.25, -0.2) is 8.42 Å². The SMILES string of the molecule is Cc1ccc(S(=O)(=O)N2CCOCC2)cc1NC(=O)C1CCCCC1. The number of amides is 1. The Morgan fingerprint density at radius 2 is 1.84 bits per heavy atom.